The highest BCUT2D eigenvalue weighted by molar-refractivity contribution is 7.15. The molecule has 1 aromatic heterocycles. The van der Waals surface area contributed by atoms with Crippen LogP contribution in [0.3, 0.4) is 0 Å². The lowest BCUT2D eigenvalue weighted by Crippen LogP contribution is -2.22. The van der Waals surface area contributed by atoms with Crippen LogP contribution >= 0.6 is 22.9 Å². The lowest BCUT2D eigenvalue weighted by atomic mass is 10.2. The summed E-state index contributed by atoms with van der Waals surface area (Å²) < 4.78 is 12.9. The third-order valence-electron chi connectivity index (χ3n) is 3.28. The van der Waals surface area contributed by atoms with E-state index in [4.69, 9.17) is 11.6 Å². The third-order valence-corrected chi connectivity index (χ3v) is 4.64. The fraction of sp³-hybridized carbons (Fsp3) is 0.0556. The number of benzene rings is 2. The van der Waals surface area contributed by atoms with Crippen LogP contribution in [0.15, 0.2) is 54.6 Å². The molecule has 3 aromatic rings. The second kappa shape index (κ2) is 8.00. The van der Waals surface area contributed by atoms with E-state index in [-0.39, 0.29) is 23.3 Å². The minimum absolute atomic E-state index is 0.219. The minimum Gasteiger partial charge on any atom is -0.346 e. The molecule has 3 rings (SSSR count). The Balaban J connectivity index is 1.65. The zero-order chi connectivity index (χ0) is 17.6. The molecule has 0 unspecified atom stereocenters. The van der Waals surface area contributed by atoms with E-state index in [1.807, 2.05) is 30.3 Å². The van der Waals surface area contributed by atoms with Gasteiger partial charge >= 0.3 is 0 Å². The predicted octanol–water partition coefficient (Wildman–Crippen LogP) is 4.34. The maximum atomic E-state index is 12.9. The van der Waals surface area contributed by atoms with Gasteiger partial charge in [-0.05, 0) is 29.3 Å². The van der Waals surface area contributed by atoms with E-state index in [0.29, 0.717) is 10.0 Å². The second-order valence-corrected chi connectivity index (χ2v) is 6.51. The molecular formula is C18H13ClFN3OS. The van der Waals surface area contributed by atoms with Gasteiger partial charge in [0.05, 0.1) is 5.03 Å². The average molecular weight is 374 g/mol. The smallest absolute Gasteiger partial charge is 0.282 e. The van der Waals surface area contributed by atoms with Crippen LogP contribution in [0.2, 0.25) is 0 Å². The highest BCUT2D eigenvalue weighted by Crippen LogP contribution is 2.25. The largest absolute Gasteiger partial charge is 0.346 e. The van der Waals surface area contributed by atoms with Crippen molar-refractivity contribution >= 4 is 40.0 Å². The Labute approximate surface area is 153 Å². The van der Waals surface area contributed by atoms with Gasteiger partial charge in [0.1, 0.15) is 5.82 Å². The number of amides is 1. The topological polar surface area (TPSA) is 54.9 Å². The third kappa shape index (κ3) is 4.71. The number of nitrogens with one attached hydrogen (secondary N) is 1. The van der Waals surface area contributed by atoms with Crippen LogP contribution in [-0.2, 0) is 6.54 Å². The molecule has 0 saturated carbocycles. The number of aromatic nitrogens is 2. The van der Waals surface area contributed by atoms with E-state index in [1.54, 1.807) is 18.2 Å². The molecule has 4 nitrogen and oxygen atoms in total. The van der Waals surface area contributed by atoms with Crippen LogP contribution < -0.4 is 5.32 Å². The summed E-state index contributed by atoms with van der Waals surface area (Å²) in [6.45, 7) is 0.279. The van der Waals surface area contributed by atoms with Crippen LogP contribution in [0.5, 0.6) is 0 Å². The molecule has 0 saturated heterocycles. The van der Waals surface area contributed by atoms with Crippen molar-refractivity contribution in [3.63, 3.8) is 0 Å². The van der Waals surface area contributed by atoms with Gasteiger partial charge in [0.15, 0.2) is 5.01 Å². The fourth-order valence-corrected chi connectivity index (χ4v) is 2.98. The summed E-state index contributed by atoms with van der Waals surface area (Å²) in [5.41, 5.74) is 1.73. The summed E-state index contributed by atoms with van der Waals surface area (Å²) in [6.07, 6.45) is 1.77. The Morgan fingerprint density at radius 2 is 1.76 bits per heavy atom. The molecule has 2 aromatic carbocycles. The summed E-state index contributed by atoms with van der Waals surface area (Å²) in [7, 11) is 0. The van der Waals surface area contributed by atoms with Gasteiger partial charge in [-0.3, -0.25) is 4.79 Å². The number of hydrogen-bond acceptors (Lipinski definition) is 4. The van der Waals surface area contributed by atoms with Gasteiger partial charge in [0.2, 0.25) is 5.01 Å². The van der Waals surface area contributed by atoms with Gasteiger partial charge in [-0.2, -0.15) is 0 Å². The van der Waals surface area contributed by atoms with Crippen LogP contribution in [-0.4, -0.2) is 16.1 Å². The number of rotatable bonds is 5. The Hall–Kier alpha value is -2.57. The van der Waals surface area contributed by atoms with Crippen molar-refractivity contribution in [2.24, 2.45) is 0 Å². The molecule has 1 heterocycles. The van der Waals surface area contributed by atoms with E-state index in [0.717, 1.165) is 22.5 Å². The molecule has 1 N–H and O–H groups in total. The fourth-order valence-electron chi connectivity index (χ4n) is 2.03. The van der Waals surface area contributed by atoms with E-state index < -0.39 is 0 Å². The molecular weight excluding hydrogens is 361 g/mol. The maximum Gasteiger partial charge on any atom is 0.282 e. The quantitative estimate of drug-likeness (QED) is 0.723. The first-order valence-electron chi connectivity index (χ1n) is 7.40. The van der Waals surface area contributed by atoms with Gasteiger partial charge in [-0.15, -0.1) is 10.2 Å². The minimum atomic E-state index is -0.350. The molecule has 0 radical (unpaired) electrons. The zero-order valence-electron chi connectivity index (χ0n) is 12.9. The van der Waals surface area contributed by atoms with Gasteiger partial charge in [-0.25, -0.2) is 4.39 Å². The number of nitrogens with zero attached hydrogens (tertiary/aromatic N) is 2. The molecule has 0 atom stereocenters. The molecule has 7 heteroatoms. The highest BCUT2D eigenvalue weighted by Gasteiger charge is 2.14. The molecule has 25 heavy (non-hydrogen) atoms. The van der Waals surface area contributed by atoms with Crippen molar-refractivity contribution in [3.05, 3.63) is 81.6 Å². The van der Waals surface area contributed by atoms with Gasteiger partial charge in [0, 0.05) is 6.54 Å². The number of carbonyl (C=O) groups is 1. The van der Waals surface area contributed by atoms with Crippen molar-refractivity contribution in [2.75, 3.05) is 0 Å². The second-order valence-electron chi connectivity index (χ2n) is 5.12. The number of hydrogen-bond donors (Lipinski definition) is 1. The molecule has 0 fully saturated rings. The molecule has 0 aliphatic rings. The van der Waals surface area contributed by atoms with E-state index in [9.17, 15) is 9.18 Å². The Bertz CT molecular complexity index is 894. The lowest BCUT2D eigenvalue weighted by Gasteiger charge is -2.02. The normalized spacial score (nSPS) is 11.4. The predicted molar refractivity (Wildman–Crippen MR) is 97.6 cm³/mol. The summed E-state index contributed by atoms with van der Waals surface area (Å²) in [5.74, 6) is -0.666. The van der Waals surface area contributed by atoms with Crippen molar-refractivity contribution < 1.29 is 9.18 Å². The molecule has 0 aliphatic heterocycles. The lowest BCUT2D eigenvalue weighted by molar-refractivity contribution is 0.0950. The standard InChI is InChI=1S/C18H13ClFN3OS/c19-15(10-12-4-2-1-3-5-12)17-22-23-18(25-17)16(24)21-11-13-6-8-14(20)9-7-13/h1-10H,11H2,(H,21,24)/b15-10-. The highest BCUT2D eigenvalue weighted by atomic mass is 35.5. The number of halogens is 2. The van der Waals surface area contributed by atoms with E-state index in [1.165, 1.54) is 12.1 Å². The average Bonchev–Trinajstić information content (AvgIpc) is 3.12. The van der Waals surface area contributed by atoms with Crippen molar-refractivity contribution in [2.45, 2.75) is 6.54 Å². The molecule has 0 spiro atoms. The van der Waals surface area contributed by atoms with Crippen molar-refractivity contribution in [1.82, 2.24) is 15.5 Å². The summed E-state index contributed by atoms with van der Waals surface area (Å²) in [5, 5.41) is 11.7. The molecule has 0 aliphatic carbocycles. The van der Waals surface area contributed by atoms with Gasteiger partial charge < -0.3 is 5.32 Å². The Kier molecular flexibility index (Phi) is 5.53. The van der Waals surface area contributed by atoms with Crippen molar-refractivity contribution in [1.29, 1.82) is 0 Å². The molecule has 0 bridgehead atoms. The van der Waals surface area contributed by atoms with Crippen LogP contribution in [0.1, 0.15) is 25.9 Å². The number of carbonyl (C=O) groups excluding carboxylic acids is 1. The Morgan fingerprint density at radius 3 is 2.48 bits per heavy atom. The SMILES string of the molecule is O=C(NCc1ccc(F)cc1)c1nnc(/C(Cl)=C/c2ccccc2)s1. The van der Waals surface area contributed by atoms with Crippen LogP contribution in [0.25, 0.3) is 11.1 Å². The Morgan fingerprint density at radius 1 is 1.08 bits per heavy atom. The first-order valence-corrected chi connectivity index (χ1v) is 8.60. The molecule has 1 amide bonds. The summed E-state index contributed by atoms with van der Waals surface area (Å²) in [6, 6.07) is 15.5. The summed E-state index contributed by atoms with van der Waals surface area (Å²) >= 11 is 7.36. The zero-order valence-corrected chi connectivity index (χ0v) is 14.5. The van der Waals surface area contributed by atoms with Crippen LogP contribution in [0.4, 0.5) is 4.39 Å². The van der Waals surface area contributed by atoms with E-state index in [2.05, 4.69) is 15.5 Å². The first kappa shape index (κ1) is 17.3. The summed E-state index contributed by atoms with van der Waals surface area (Å²) in [4.78, 5) is 12.1. The van der Waals surface area contributed by atoms with Gasteiger partial charge in [0.25, 0.3) is 5.91 Å². The monoisotopic (exact) mass is 373 g/mol. The van der Waals surface area contributed by atoms with Crippen molar-refractivity contribution in [3.8, 4) is 0 Å². The van der Waals surface area contributed by atoms with Crippen LogP contribution in [0, 0.1) is 5.82 Å². The van der Waals surface area contributed by atoms with E-state index >= 15 is 0 Å². The molecule has 126 valence electrons. The van der Waals surface area contributed by atoms with Gasteiger partial charge in [-0.1, -0.05) is 65.4 Å². The first-order chi connectivity index (χ1) is 12.1. The maximum absolute atomic E-state index is 12.9.